The van der Waals surface area contributed by atoms with Gasteiger partial charge in [0.25, 0.3) is 0 Å². The fraction of sp³-hybridized carbons (Fsp3) is 0. The quantitative estimate of drug-likeness (QED) is 0.172. The molecule has 256 valence electrons. The number of nitrogens with one attached hydrogen (secondary N) is 1. The van der Waals surface area contributed by atoms with E-state index < -0.39 is 0 Å². The van der Waals surface area contributed by atoms with Gasteiger partial charge < -0.3 is 4.98 Å². The zero-order chi connectivity index (χ0) is 36.3. The lowest BCUT2D eigenvalue weighted by Crippen LogP contribution is -1.98. The summed E-state index contributed by atoms with van der Waals surface area (Å²) >= 11 is 0. The highest BCUT2D eigenvalue weighted by atomic mass is 14.7. The molecular formula is C54H35N. The summed E-state index contributed by atoms with van der Waals surface area (Å²) in [5.74, 6) is 0. The van der Waals surface area contributed by atoms with Crippen LogP contribution >= 0.6 is 0 Å². The van der Waals surface area contributed by atoms with Crippen LogP contribution in [0.2, 0.25) is 0 Å². The van der Waals surface area contributed by atoms with Crippen molar-refractivity contribution in [1.82, 2.24) is 4.98 Å². The van der Waals surface area contributed by atoms with Gasteiger partial charge in [-0.05, 0) is 94.5 Å². The number of aromatic nitrogens is 1. The van der Waals surface area contributed by atoms with E-state index in [-0.39, 0.29) is 0 Å². The van der Waals surface area contributed by atoms with Crippen LogP contribution in [0.3, 0.4) is 0 Å². The van der Waals surface area contributed by atoms with E-state index in [1.165, 1.54) is 98.7 Å². The minimum Gasteiger partial charge on any atom is -0.354 e. The monoisotopic (exact) mass is 697 g/mol. The fourth-order valence-corrected chi connectivity index (χ4v) is 9.07. The van der Waals surface area contributed by atoms with Gasteiger partial charge in [0.15, 0.2) is 0 Å². The number of hydrogen-bond donors (Lipinski definition) is 1. The Bertz CT molecular complexity index is 3230. The zero-order valence-corrected chi connectivity index (χ0v) is 30.1. The molecule has 11 aromatic rings. The van der Waals surface area contributed by atoms with Gasteiger partial charge in [-0.3, -0.25) is 0 Å². The molecule has 1 nitrogen and oxygen atoms in total. The van der Waals surface area contributed by atoms with Gasteiger partial charge in [-0.1, -0.05) is 194 Å². The third-order valence-corrected chi connectivity index (χ3v) is 11.4. The van der Waals surface area contributed by atoms with Crippen molar-refractivity contribution in [2.75, 3.05) is 0 Å². The molecule has 0 unspecified atom stereocenters. The van der Waals surface area contributed by atoms with Gasteiger partial charge in [0.05, 0.1) is 5.52 Å². The summed E-state index contributed by atoms with van der Waals surface area (Å²) in [5, 5.41) is 10.0. The van der Waals surface area contributed by atoms with Crippen LogP contribution in [0.4, 0.5) is 0 Å². The molecule has 1 heteroatoms. The van der Waals surface area contributed by atoms with Gasteiger partial charge >= 0.3 is 0 Å². The molecular weight excluding hydrogens is 663 g/mol. The normalized spacial score (nSPS) is 11.6. The molecule has 1 N–H and O–H groups in total. The van der Waals surface area contributed by atoms with Crippen LogP contribution in [-0.2, 0) is 0 Å². The second kappa shape index (κ2) is 12.7. The highest BCUT2D eigenvalue weighted by Crippen LogP contribution is 2.53. The minimum absolute atomic E-state index is 1.14. The molecule has 1 aromatic heterocycles. The van der Waals surface area contributed by atoms with E-state index >= 15 is 0 Å². The first-order valence-electron chi connectivity index (χ1n) is 19.0. The second-order valence-corrected chi connectivity index (χ2v) is 14.4. The number of H-pyrrole nitrogens is 1. The summed E-state index contributed by atoms with van der Waals surface area (Å²) in [6, 6.07) is 75.6. The van der Waals surface area contributed by atoms with Crippen LogP contribution < -0.4 is 0 Å². The van der Waals surface area contributed by atoms with Gasteiger partial charge in [-0.2, -0.15) is 0 Å². The molecule has 0 spiro atoms. The summed E-state index contributed by atoms with van der Waals surface area (Å²) in [5.41, 5.74) is 14.3. The maximum absolute atomic E-state index is 3.86. The van der Waals surface area contributed by atoms with Gasteiger partial charge in [0, 0.05) is 21.9 Å². The molecule has 0 atom stereocenters. The average molecular weight is 698 g/mol. The minimum atomic E-state index is 1.14. The molecule has 0 amide bonds. The maximum atomic E-state index is 3.86. The Morgan fingerprint density at radius 3 is 1.42 bits per heavy atom. The van der Waals surface area contributed by atoms with Crippen molar-refractivity contribution < 1.29 is 0 Å². The Hall–Kier alpha value is -7.22. The SMILES string of the molecule is c1ccc(-c2cccc(-c3cccc4c3[nH]c3ccccc34)c2-c2c(-c3ccccc3)c(-c3ccccc3)cc3c4ccccc4c4ccccc4c23)cc1. The summed E-state index contributed by atoms with van der Waals surface area (Å²) in [7, 11) is 0. The molecule has 1 heterocycles. The molecule has 0 saturated heterocycles. The lowest BCUT2D eigenvalue weighted by molar-refractivity contribution is 1.53. The van der Waals surface area contributed by atoms with E-state index in [4.69, 9.17) is 0 Å². The first-order chi connectivity index (χ1) is 27.3. The lowest BCUT2D eigenvalue weighted by Gasteiger charge is -2.25. The molecule has 0 aliphatic heterocycles. The van der Waals surface area contributed by atoms with Crippen molar-refractivity contribution in [2.24, 2.45) is 0 Å². The summed E-state index contributed by atoms with van der Waals surface area (Å²) < 4.78 is 0. The van der Waals surface area contributed by atoms with Gasteiger partial charge in [0.1, 0.15) is 0 Å². The van der Waals surface area contributed by atoms with Crippen LogP contribution in [0.15, 0.2) is 206 Å². The largest absolute Gasteiger partial charge is 0.354 e. The van der Waals surface area contributed by atoms with Crippen molar-refractivity contribution >= 4 is 54.1 Å². The molecule has 10 aromatic carbocycles. The number of rotatable bonds is 5. The van der Waals surface area contributed by atoms with E-state index in [1.54, 1.807) is 0 Å². The standard InChI is InChI=1S/C54H35N/c1-4-18-35(19-5-1)38-29-16-30-44(46-32-17-31-45-42-27-14-15-33-49(42)55-54(45)46)51(38)53-50(37-22-8-3-9-23-37)47(36-20-6-2-7-21-36)34-48-41-26-11-10-24-39(41)40-25-12-13-28-43(40)52(48)53/h1-34,55H. The predicted octanol–water partition coefficient (Wildman–Crippen LogP) is 15.1. The van der Waals surface area contributed by atoms with E-state index in [2.05, 4.69) is 211 Å². The number of hydrogen-bond acceptors (Lipinski definition) is 0. The summed E-state index contributed by atoms with van der Waals surface area (Å²) in [4.78, 5) is 3.86. The molecule has 55 heavy (non-hydrogen) atoms. The Labute approximate surface area is 319 Å². The van der Waals surface area contributed by atoms with Crippen LogP contribution in [0.1, 0.15) is 0 Å². The van der Waals surface area contributed by atoms with Crippen molar-refractivity contribution in [3.05, 3.63) is 206 Å². The summed E-state index contributed by atoms with van der Waals surface area (Å²) in [6.07, 6.45) is 0. The van der Waals surface area contributed by atoms with Crippen molar-refractivity contribution in [3.8, 4) is 55.6 Å². The smallest absolute Gasteiger partial charge is 0.0544 e. The highest BCUT2D eigenvalue weighted by molar-refractivity contribution is 6.32. The molecule has 0 fully saturated rings. The number of benzene rings is 10. The lowest BCUT2D eigenvalue weighted by atomic mass is 9.77. The van der Waals surface area contributed by atoms with Gasteiger partial charge in [-0.15, -0.1) is 0 Å². The number of fused-ring (bicyclic) bond motifs is 9. The van der Waals surface area contributed by atoms with Crippen LogP contribution in [0.25, 0.3) is 110 Å². The highest BCUT2D eigenvalue weighted by Gasteiger charge is 2.26. The number of aromatic amines is 1. The topological polar surface area (TPSA) is 15.8 Å². The predicted molar refractivity (Wildman–Crippen MR) is 236 cm³/mol. The molecule has 0 aliphatic rings. The van der Waals surface area contributed by atoms with Crippen molar-refractivity contribution in [2.45, 2.75) is 0 Å². The molecule has 0 saturated carbocycles. The third kappa shape index (κ3) is 4.94. The third-order valence-electron chi connectivity index (χ3n) is 11.4. The van der Waals surface area contributed by atoms with Gasteiger partial charge in [0.2, 0.25) is 0 Å². The Morgan fingerprint density at radius 2 is 0.727 bits per heavy atom. The zero-order valence-electron chi connectivity index (χ0n) is 30.1. The first-order valence-corrected chi connectivity index (χ1v) is 19.0. The first kappa shape index (κ1) is 31.3. The second-order valence-electron chi connectivity index (χ2n) is 14.4. The Balaban J connectivity index is 1.43. The molecule has 11 rings (SSSR count). The van der Waals surface area contributed by atoms with E-state index in [1.807, 2.05) is 0 Å². The molecule has 0 radical (unpaired) electrons. The van der Waals surface area contributed by atoms with Crippen molar-refractivity contribution in [3.63, 3.8) is 0 Å². The van der Waals surface area contributed by atoms with Crippen LogP contribution in [0.5, 0.6) is 0 Å². The summed E-state index contributed by atoms with van der Waals surface area (Å²) in [6.45, 7) is 0. The van der Waals surface area contributed by atoms with E-state index in [0.29, 0.717) is 0 Å². The van der Waals surface area contributed by atoms with Crippen molar-refractivity contribution in [1.29, 1.82) is 0 Å². The fourth-order valence-electron chi connectivity index (χ4n) is 9.07. The molecule has 0 bridgehead atoms. The average Bonchev–Trinajstić information content (AvgIpc) is 3.66. The van der Waals surface area contributed by atoms with Gasteiger partial charge in [-0.25, -0.2) is 0 Å². The number of para-hydroxylation sites is 2. The Morgan fingerprint density at radius 1 is 0.255 bits per heavy atom. The molecule has 0 aliphatic carbocycles. The van der Waals surface area contributed by atoms with E-state index in [0.717, 1.165) is 11.0 Å². The Kier molecular flexibility index (Phi) is 7.25. The maximum Gasteiger partial charge on any atom is 0.0544 e. The van der Waals surface area contributed by atoms with E-state index in [9.17, 15) is 0 Å². The van der Waals surface area contributed by atoms with Crippen LogP contribution in [-0.4, -0.2) is 4.98 Å². The van der Waals surface area contributed by atoms with Crippen LogP contribution in [0, 0.1) is 0 Å².